The van der Waals surface area contributed by atoms with Crippen LogP contribution in [-0.4, -0.2) is 41.1 Å². The second kappa shape index (κ2) is 5.31. The molecule has 1 heterocycles. The lowest BCUT2D eigenvalue weighted by Gasteiger charge is -2.42. The molecule has 3 unspecified atom stereocenters. The number of para-hydroxylation sites is 1. The minimum Gasteiger partial charge on any atom is -0.454 e. The highest BCUT2D eigenvalue weighted by Gasteiger charge is 2.69. The van der Waals surface area contributed by atoms with E-state index in [1.165, 1.54) is 6.08 Å². The molecule has 0 amide bonds. The first-order valence-electron chi connectivity index (χ1n) is 7.42. The van der Waals surface area contributed by atoms with Gasteiger partial charge in [0.05, 0.1) is 7.05 Å². The molecule has 1 fully saturated rings. The van der Waals surface area contributed by atoms with Gasteiger partial charge in [-0.25, -0.2) is 0 Å². The molecule has 1 N–H and O–H groups in total. The van der Waals surface area contributed by atoms with E-state index in [9.17, 15) is 20.2 Å². The minimum atomic E-state index is -1.55. The maximum atomic E-state index is 11.8. The van der Waals surface area contributed by atoms with E-state index in [0.29, 0.717) is 5.75 Å². The predicted octanol–water partition coefficient (Wildman–Crippen LogP) is 0.302. The summed E-state index contributed by atoms with van der Waals surface area (Å²) in [5.41, 5.74) is -2.84. The summed E-state index contributed by atoms with van der Waals surface area (Å²) >= 11 is 0. The Labute approximate surface area is 132 Å². The number of rotatable bonds is 4. The highest BCUT2D eigenvalue weighted by molar-refractivity contribution is 5.28. The normalized spacial score (nSPS) is 32.7. The fraction of sp³-hybridized carbons (Fsp3) is 0.467. The monoisotopic (exact) mass is 320 g/mol. The molecule has 0 aromatic heterocycles. The zero-order valence-electron chi connectivity index (χ0n) is 12.7. The molecule has 0 saturated carbocycles. The van der Waals surface area contributed by atoms with E-state index in [1.807, 2.05) is 6.07 Å². The number of nitrogens with zero attached hydrogens (tertiary/aromatic N) is 2. The Bertz CT molecular complexity index is 677. The largest absolute Gasteiger partial charge is 0.454 e. The van der Waals surface area contributed by atoms with E-state index < -0.39 is 16.0 Å². The first kappa shape index (κ1) is 15.4. The molecule has 23 heavy (non-hydrogen) atoms. The van der Waals surface area contributed by atoms with Crippen LogP contribution in [0.15, 0.2) is 42.2 Å². The van der Waals surface area contributed by atoms with E-state index in [2.05, 4.69) is 0 Å². The number of likely N-dealkylation sites (N-methyl/N-ethyl adjacent to an activating group) is 1. The van der Waals surface area contributed by atoms with Crippen molar-refractivity contribution in [2.75, 3.05) is 20.1 Å². The fourth-order valence-electron chi connectivity index (χ4n) is 3.76. The van der Waals surface area contributed by atoms with Crippen molar-refractivity contribution in [3.8, 4) is 5.75 Å². The third-order valence-electron chi connectivity index (χ3n) is 4.68. The van der Waals surface area contributed by atoms with E-state index >= 15 is 0 Å². The molecule has 3 atom stereocenters. The van der Waals surface area contributed by atoms with Gasteiger partial charge in [-0.1, -0.05) is 18.2 Å². The summed E-state index contributed by atoms with van der Waals surface area (Å²) in [6.07, 6.45) is 1.56. The number of piperidine rings is 1. The highest BCUT2D eigenvalue weighted by Crippen LogP contribution is 2.41. The van der Waals surface area contributed by atoms with Gasteiger partial charge in [-0.05, 0) is 18.2 Å². The van der Waals surface area contributed by atoms with Gasteiger partial charge in [0.15, 0.2) is 12.3 Å². The van der Waals surface area contributed by atoms with E-state index in [-0.39, 0.29) is 36.6 Å². The van der Waals surface area contributed by atoms with Crippen LogP contribution < -0.4 is 9.64 Å². The number of quaternary nitrogens is 1. The van der Waals surface area contributed by atoms with Crippen molar-refractivity contribution in [3.05, 3.63) is 62.4 Å². The van der Waals surface area contributed by atoms with E-state index in [0.717, 1.165) is 4.90 Å². The average molecular weight is 320 g/mol. The van der Waals surface area contributed by atoms with Crippen LogP contribution in [0.5, 0.6) is 5.75 Å². The predicted molar refractivity (Wildman–Crippen MR) is 80.5 cm³/mol. The van der Waals surface area contributed by atoms with Crippen LogP contribution in [0.2, 0.25) is 0 Å². The Kier molecular flexibility index (Phi) is 3.56. The van der Waals surface area contributed by atoms with Crippen LogP contribution in [0.1, 0.15) is 12.8 Å². The summed E-state index contributed by atoms with van der Waals surface area (Å²) in [6, 6.07) is 8.79. The van der Waals surface area contributed by atoms with Crippen molar-refractivity contribution in [1.82, 2.24) is 0 Å². The van der Waals surface area contributed by atoms with Crippen molar-refractivity contribution in [1.29, 1.82) is 0 Å². The summed E-state index contributed by atoms with van der Waals surface area (Å²) in [4.78, 5) is 23.4. The molecule has 2 aliphatic rings. The van der Waals surface area contributed by atoms with Crippen LogP contribution in [0.3, 0.4) is 0 Å². The van der Waals surface area contributed by atoms with Gasteiger partial charge in [0.25, 0.3) is 5.54 Å². The van der Waals surface area contributed by atoms with Crippen LogP contribution in [0, 0.1) is 20.2 Å². The molecule has 8 nitrogen and oxygen atoms in total. The maximum absolute atomic E-state index is 11.8. The molecule has 3 rings (SSSR count). The van der Waals surface area contributed by atoms with Gasteiger partial charge in [0, 0.05) is 16.3 Å². The molecule has 1 aromatic carbocycles. The Morgan fingerprint density at radius 2 is 1.83 bits per heavy atom. The van der Waals surface area contributed by atoms with Crippen molar-refractivity contribution >= 4 is 0 Å². The molecule has 8 heteroatoms. The first-order valence-corrected chi connectivity index (χ1v) is 7.42. The first-order chi connectivity index (χ1) is 10.9. The number of hydrogen-bond donors (Lipinski definition) is 1. The van der Waals surface area contributed by atoms with Gasteiger partial charge >= 0.3 is 5.54 Å². The highest BCUT2D eigenvalue weighted by atomic mass is 16.6. The maximum Gasteiger partial charge on any atom is 0.332 e. The second-order valence-corrected chi connectivity index (χ2v) is 6.45. The summed E-state index contributed by atoms with van der Waals surface area (Å²) in [6.45, 7) is 0.457. The van der Waals surface area contributed by atoms with Crippen molar-refractivity contribution in [2.45, 2.75) is 23.9 Å². The van der Waals surface area contributed by atoms with Gasteiger partial charge in [-0.3, -0.25) is 20.2 Å². The number of fused-ring (bicyclic) bond motifs is 2. The number of likely N-dealkylation sites (tertiary alicyclic amines) is 1. The molecule has 1 saturated heterocycles. The number of nitro groups is 2. The number of hydrogen-bond acceptors (Lipinski definition) is 5. The third-order valence-corrected chi connectivity index (χ3v) is 4.68. The number of nitrogens with one attached hydrogen (secondary N) is 1. The van der Waals surface area contributed by atoms with Gasteiger partial charge in [-0.2, -0.15) is 0 Å². The molecule has 0 spiro atoms. The zero-order valence-corrected chi connectivity index (χ0v) is 12.7. The summed E-state index contributed by atoms with van der Waals surface area (Å²) in [7, 11) is 1.75. The topological polar surface area (TPSA) is 100.0 Å². The average Bonchev–Trinajstić information content (AvgIpc) is 2.50. The Morgan fingerprint density at radius 1 is 1.13 bits per heavy atom. The fourth-order valence-corrected chi connectivity index (χ4v) is 3.76. The van der Waals surface area contributed by atoms with Gasteiger partial charge in [0.1, 0.15) is 18.7 Å². The SMILES string of the molecule is C[NH+]1CC2([N+](=O)[O-])CC=C(Oc3ccccc3)C([N+](=O)[O-])(C1)C2. The quantitative estimate of drug-likeness (QED) is 0.635. The van der Waals surface area contributed by atoms with E-state index in [1.54, 1.807) is 31.3 Å². The van der Waals surface area contributed by atoms with Gasteiger partial charge < -0.3 is 9.64 Å². The summed E-state index contributed by atoms with van der Waals surface area (Å²) in [5, 5.41) is 23.4. The van der Waals surface area contributed by atoms with Crippen molar-refractivity contribution in [2.24, 2.45) is 0 Å². The number of benzene rings is 1. The van der Waals surface area contributed by atoms with Crippen molar-refractivity contribution in [3.63, 3.8) is 0 Å². The van der Waals surface area contributed by atoms with Gasteiger partial charge in [-0.15, -0.1) is 0 Å². The van der Waals surface area contributed by atoms with E-state index in [4.69, 9.17) is 4.74 Å². The second-order valence-electron chi connectivity index (χ2n) is 6.45. The molecule has 0 radical (unpaired) electrons. The smallest absolute Gasteiger partial charge is 0.332 e. The summed E-state index contributed by atoms with van der Waals surface area (Å²) < 4.78 is 5.76. The standard InChI is InChI=1S/C15H17N3O5/c1-16-10-14(17(19)20)8-7-13(15(9-14,11-16)18(21)22)23-12-5-3-2-4-6-12/h2-7H,8-11H2,1H3/p+1. The molecule has 122 valence electrons. The summed E-state index contributed by atoms with van der Waals surface area (Å²) in [5.74, 6) is 0.710. The lowest BCUT2D eigenvalue weighted by atomic mass is 9.71. The molecule has 2 bridgehead atoms. The zero-order chi connectivity index (χ0) is 16.7. The molecular formula is C15H18N3O5+. The Balaban J connectivity index is 2.04. The lowest BCUT2D eigenvalue weighted by Crippen LogP contribution is -3.16. The number of ether oxygens (including phenoxy) is 1. The van der Waals surface area contributed by atoms with Crippen LogP contribution in [0.4, 0.5) is 0 Å². The molecule has 1 aliphatic heterocycles. The van der Waals surface area contributed by atoms with Gasteiger partial charge in [0.2, 0.25) is 0 Å². The molecule has 1 aliphatic carbocycles. The molecule has 1 aromatic rings. The minimum absolute atomic E-state index is 0.129. The lowest BCUT2D eigenvalue weighted by molar-refractivity contribution is -0.927. The third kappa shape index (κ3) is 2.44. The van der Waals surface area contributed by atoms with Crippen LogP contribution >= 0.6 is 0 Å². The van der Waals surface area contributed by atoms with Crippen LogP contribution in [0.25, 0.3) is 0 Å². The van der Waals surface area contributed by atoms with Crippen LogP contribution in [-0.2, 0) is 0 Å². The Morgan fingerprint density at radius 3 is 2.43 bits per heavy atom. The molecular weight excluding hydrogens is 302 g/mol. The van der Waals surface area contributed by atoms with Crippen molar-refractivity contribution < 1.29 is 19.5 Å². The Hall–Kier alpha value is -2.48.